The number of aromatic nitrogens is 2. The summed E-state index contributed by atoms with van der Waals surface area (Å²) in [5.74, 6) is 1.37. The highest BCUT2D eigenvalue weighted by atomic mass is 19.4. The molecule has 0 unspecified atom stereocenters. The van der Waals surface area contributed by atoms with Crippen LogP contribution in [0.5, 0.6) is 0 Å². The summed E-state index contributed by atoms with van der Waals surface area (Å²) in [4.78, 5) is 21.1. The Balaban J connectivity index is 1.57. The van der Waals surface area contributed by atoms with Gasteiger partial charge in [-0.15, -0.1) is 0 Å². The number of ketones is 1. The van der Waals surface area contributed by atoms with Crippen LogP contribution in [0.25, 0.3) is 0 Å². The summed E-state index contributed by atoms with van der Waals surface area (Å²) in [6.07, 6.45) is 3.35. The first-order chi connectivity index (χ1) is 13.8. The molecule has 162 valence electrons. The molecule has 0 radical (unpaired) electrons. The van der Waals surface area contributed by atoms with Crippen LogP contribution in [-0.2, 0) is 22.3 Å². The highest BCUT2D eigenvalue weighted by Gasteiger charge is 2.31. The quantitative estimate of drug-likeness (QED) is 0.622. The lowest BCUT2D eigenvalue weighted by Crippen LogP contribution is -2.28. The van der Waals surface area contributed by atoms with Crippen molar-refractivity contribution in [1.82, 2.24) is 9.97 Å². The number of halogens is 3. The van der Waals surface area contributed by atoms with Crippen molar-refractivity contribution in [2.24, 2.45) is 11.8 Å². The van der Waals surface area contributed by atoms with E-state index in [2.05, 4.69) is 4.98 Å². The molecule has 1 aromatic rings. The van der Waals surface area contributed by atoms with Crippen molar-refractivity contribution >= 4 is 5.78 Å². The van der Waals surface area contributed by atoms with E-state index in [-0.39, 0.29) is 11.9 Å². The fourth-order valence-corrected chi connectivity index (χ4v) is 4.22. The predicted octanol–water partition coefficient (Wildman–Crippen LogP) is 4.33. The van der Waals surface area contributed by atoms with Crippen molar-refractivity contribution in [3.05, 3.63) is 23.3 Å². The molecule has 0 N–H and O–H groups in total. The molecule has 0 aromatic carbocycles. The highest BCUT2D eigenvalue weighted by Crippen LogP contribution is 2.30. The van der Waals surface area contributed by atoms with Crippen molar-refractivity contribution in [2.75, 3.05) is 19.8 Å². The summed E-state index contributed by atoms with van der Waals surface area (Å²) in [5, 5.41) is 0. The van der Waals surface area contributed by atoms with Crippen molar-refractivity contribution in [3.8, 4) is 0 Å². The second-order valence-corrected chi connectivity index (χ2v) is 8.26. The molecule has 1 atom stereocenters. The van der Waals surface area contributed by atoms with Crippen LogP contribution in [0, 0.1) is 11.8 Å². The third kappa shape index (κ3) is 7.03. The summed E-state index contributed by atoms with van der Waals surface area (Å²) < 4.78 is 47.4. The maximum Gasteiger partial charge on any atom is 0.411 e. The standard InChI is InChI=1S/C21H29F3N2O3/c1-14(27)18-11-25-20(26-19(18)9-16-3-2-8-28-12-16)10-15-4-6-17(7-5-15)29-13-21(22,23)24/h11,15-17H,2-10,12-13H2,1H3/t15-,16-,17-/m0/s1. The van der Waals surface area contributed by atoms with Crippen LogP contribution in [0.3, 0.4) is 0 Å². The first kappa shape index (κ1) is 22.2. The first-order valence-corrected chi connectivity index (χ1v) is 10.4. The number of Topliss-reactive ketones (excluding diaryl/α,β-unsaturated/α-hetero) is 1. The Morgan fingerprint density at radius 1 is 1.17 bits per heavy atom. The molecule has 8 heteroatoms. The number of hydrogen-bond acceptors (Lipinski definition) is 5. The molecule has 2 fully saturated rings. The van der Waals surface area contributed by atoms with E-state index in [0.717, 1.165) is 38.0 Å². The number of hydrogen-bond donors (Lipinski definition) is 0. The fraction of sp³-hybridized carbons (Fsp3) is 0.762. The number of alkyl halides is 3. The molecular formula is C21H29F3N2O3. The average Bonchev–Trinajstić information content (AvgIpc) is 2.68. The molecule has 2 heterocycles. The third-order valence-electron chi connectivity index (χ3n) is 5.78. The van der Waals surface area contributed by atoms with E-state index in [4.69, 9.17) is 14.5 Å². The van der Waals surface area contributed by atoms with E-state index in [1.807, 2.05) is 0 Å². The Hall–Kier alpha value is -1.54. The Morgan fingerprint density at radius 2 is 1.93 bits per heavy atom. The number of nitrogens with zero attached hydrogens (tertiary/aromatic N) is 2. The summed E-state index contributed by atoms with van der Waals surface area (Å²) in [5.41, 5.74) is 1.36. The molecular weight excluding hydrogens is 385 g/mol. The molecule has 1 aliphatic carbocycles. The first-order valence-electron chi connectivity index (χ1n) is 10.4. The second-order valence-electron chi connectivity index (χ2n) is 8.26. The zero-order chi connectivity index (χ0) is 20.9. The van der Waals surface area contributed by atoms with Gasteiger partial charge in [0.1, 0.15) is 12.4 Å². The lowest BCUT2D eigenvalue weighted by Gasteiger charge is -2.28. The molecule has 29 heavy (non-hydrogen) atoms. The Labute approximate surface area is 169 Å². The van der Waals surface area contributed by atoms with Crippen LogP contribution in [0.1, 0.15) is 67.3 Å². The van der Waals surface area contributed by atoms with Gasteiger partial charge in [0, 0.05) is 25.8 Å². The number of ether oxygens (including phenoxy) is 2. The monoisotopic (exact) mass is 414 g/mol. The van der Waals surface area contributed by atoms with Crippen LogP contribution in [0.4, 0.5) is 13.2 Å². The Kier molecular flexibility index (Phi) is 7.62. The van der Waals surface area contributed by atoms with Crippen LogP contribution in [0.15, 0.2) is 6.20 Å². The minimum absolute atomic E-state index is 0.0365. The molecule has 5 nitrogen and oxygen atoms in total. The van der Waals surface area contributed by atoms with Crippen molar-refractivity contribution < 1.29 is 27.4 Å². The molecule has 3 rings (SSSR count). The maximum absolute atomic E-state index is 12.3. The van der Waals surface area contributed by atoms with E-state index in [9.17, 15) is 18.0 Å². The fourth-order valence-electron chi connectivity index (χ4n) is 4.22. The van der Waals surface area contributed by atoms with Crippen LogP contribution < -0.4 is 0 Å². The SMILES string of the molecule is CC(=O)c1cnc(C[C@H]2CC[C@H](OCC(F)(F)F)CC2)nc1C[C@@H]1CCCOC1. The van der Waals surface area contributed by atoms with Gasteiger partial charge in [0.15, 0.2) is 5.78 Å². The lowest BCUT2D eigenvalue weighted by atomic mass is 9.85. The van der Waals surface area contributed by atoms with E-state index in [0.29, 0.717) is 55.5 Å². The third-order valence-corrected chi connectivity index (χ3v) is 5.78. The zero-order valence-electron chi connectivity index (χ0n) is 16.8. The molecule has 0 bridgehead atoms. The van der Waals surface area contributed by atoms with Gasteiger partial charge >= 0.3 is 6.18 Å². The summed E-state index contributed by atoms with van der Waals surface area (Å²) >= 11 is 0. The van der Waals surface area contributed by atoms with Crippen molar-refractivity contribution in [3.63, 3.8) is 0 Å². The summed E-state index contributed by atoms with van der Waals surface area (Å²) in [6, 6.07) is 0. The number of carbonyl (C=O) groups is 1. The summed E-state index contributed by atoms with van der Waals surface area (Å²) in [7, 11) is 0. The Bertz CT molecular complexity index is 682. The average molecular weight is 414 g/mol. The highest BCUT2D eigenvalue weighted by molar-refractivity contribution is 5.94. The molecule has 1 aliphatic heterocycles. The van der Waals surface area contributed by atoms with E-state index in [1.165, 1.54) is 6.92 Å². The van der Waals surface area contributed by atoms with Gasteiger partial charge in [-0.25, -0.2) is 9.97 Å². The van der Waals surface area contributed by atoms with E-state index in [1.54, 1.807) is 6.20 Å². The molecule has 0 amide bonds. The maximum atomic E-state index is 12.3. The molecule has 0 spiro atoms. The van der Waals surface area contributed by atoms with Crippen LogP contribution in [-0.4, -0.2) is 47.9 Å². The second kappa shape index (κ2) is 9.98. The van der Waals surface area contributed by atoms with Gasteiger partial charge in [-0.1, -0.05) is 0 Å². The van der Waals surface area contributed by atoms with E-state index >= 15 is 0 Å². The number of carbonyl (C=O) groups excluding carboxylic acids is 1. The molecule has 1 aromatic heterocycles. The minimum Gasteiger partial charge on any atom is -0.381 e. The molecule has 2 aliphatic rings. The normalized spacial score (nSPS) is 25.7. The molecule has 1 saturated carbocycles. The van der Waals surface area contributed by atoms with E-state index < -0.39 is 12.8 Å². The van der Waals surface area contributed by atoms with Crippen LogP contribution >= 0.6 is 0 Å². The topological polar surface area (TPSA) is 61.3 Å². The smallest absolute Gasteiger partial charge is 0.381 e. The van der Waals surface area contributed by atoms with Gasteiger partial charge in [0.2, 0.25) is 0 Å². The largest absolute Gasteiger partial charge is 0.411 e. The number of rotatable bonds is 7. The van der Waals surface area contributed by atoms with Crippen molar-refractivity contribution in [1.29, 1.82) is 0 Å². The summed E-state index contributed by atoms with van der Waals surface area (Å²) in [6.45, 7) is 1.84. The zero-order valence-corrected chi connectivity index (χ0v) is 16.8. The van der Waals surface area contributed by atoms with Gasteiger partial charge in [0.25, 0.3) is 0 Å². The minimum atomic E-state index is -4.27. The van der Waals surface area contributed by atoms with Gasteiger partial charge in [-0.2, -0.15) is 13.2 Å². The van der Waals surface area contributed by atoms with Gasteiger partial charge in [-0.05, 0) is 63.7 Å². The van der Waals surface area contributed by atoms with Gasteiger partial charge in [0.05, 0.1) is 17.4 Å². The van der Waals surface area contributed by atoms with Crippen LogP contribution in [0.2, 0.25) is 0 Å². The van der Waals surface area contributed by atoms with Gasteiger partial charge in [-0.3, -0.25) is 4.79 Å². The van der Waals surface area contributed by atoms with Crippen molar-refractivity contribution in [2.45, 2.75) is 70.6 Å². The Morgan fingerprint density at radius 3 is 2.55 bits per heavy atom. The van der Waals surface area contributed by atoms with Gasteiger partial charge < -0.3 is 9.47 Å². The predicted molar refractivity (Wildman–Crippen MR) is 101 cm³/mol. The lowest BCUT2D eigenvalue weighted by molar-refractivity contribution is -0.188. The molecule has 1 saturated heterocycles.